The minimum absolute atomic E-state index is 0.176. The molecule has 0 aliphatic heterocycles. The molecule has 1 aromatic carbocycles. The first-order valence-electron chi connectivity index (χ1n) is 7.50. The zero-order valence-corrected chi connectivity index (χ0v) is 15.2. The van der Waals surface area contributed by atoms with Crippen molar-refractivity contribution in [3.8, 4) is 0 Å². The molecule has 0 bridgehead atoms. The van der Waals surface area contributed by atoms with E-state index in [1.807, 2.05) is 10.6 Å². The highest BCUT2D eigenvalue weighted by molar-refractivity contribution is 7.99. The Morgan fingerprint density at radius 2 is 2.21 bits per heavy atom. The lowest BCUT2D eigenvalue weighted by atomic mass is 10.3. The van der Waals surface area contributed by atoms with E-state index >= 15 is 0 Å². The van der Waals surface area contributed by atoms with Gasteiger partial charge >= 0.3 is 0 Å². The Morgan fingerprint density at radius 3 is 2.92 bits per heavy atom. The lowest BCUT2D eigenvalue weighted by Gasteiger charge is -2.09. The molecule has 24 heavy (non-hydrogen) atoms. The molecule has 5 nitrogen and oxygen atoms in total. The van der Waals surface area contributed by atoms with Crippen molar-refractivity contribution in [2.45, 2.75) is 30.5 Å². The quantitative estimate of drug-likeness (QED) is 0.570. The predicted octanol–water partition coefficient (Wildman–Crippen LogP) is 4.38. The fourth-order valence-electron chi connectivity index (χ4n) is 2.27. The van der Waals surface area contributed by atoms with Crippen LogP contribution in [0.15, 0.2) is 36.0 Å². The Labute approximate surface area is 154 Å². The number of allylic oxidation sites excluding steroid dienone is 1. The SMILES string of the molecule is C=CCn1c(SCC(=O)Nc2cccc(Cl)c2Cl)nnc1C1CC1. The molecule has 8 heteroatoms. The number of nitrogens with zero attached hydrogens (tertiary/aromatic N) is 3. The average molecular weight is 383 g/mol. The lowest BCUT2D eigenvalue weighted by molar-refractivity contribution is -0.113. The Hall–Kier alpha value is -1.50. The van der Waals surface area contributed by atoms with Crippen LogP contribution in [0, 0.1) is 0 Å². The maximum Gasteiger partial charge on any atom is 0.234 e. The summed E-state index contributed by atoms with van der Waals surface area (Å²) < 4.78 is 2.02. The number of hydrogen-bond donors (Lipinski definition) is 1. The summed E-state index contributed by atoms with van der Waals surface area (Å²) in [7, 11) is 0. The average Bonchev–Trinajstić information content (AvgIpc) is 3.33. The summed E-state index contributed by atoms with van der Waals surface area (Å²) in [5.41, 5.74) is 0.501. The molecule has 0 radical (unpaired) electrons. The van der Waals surface area contributed by atoms with Crippen LogP contribution in [0.25, 0.3) is 0 Å². The zero-order chi connectivity index (χ0) is 17.1. The van der Waals surface area contributed by atoms with Crippen LogP contribution in [0.3, 0.4) is 0 Å². The first-order valence-corrected chi connectivity index (χ1v) is 9.25. The molecule has 3 rings (SSSR count). The van der Waals surface area contributed by atoms with Crippen molar-refractivity contribution in [2.75, 3.05) is 11.1 Å². The second-order valence-electron chi connectivity index (χ2n) is 5.45. The summed E-state index contributed by atoms with van der Waals surface area (Å²) in [5.74, 6) is 1.51. The van der Waals surface area contributed by atoms with Gasteiger partial charge in [0.15, 0.2) is 5.16 Å². The minimum atomic E-state index is -0.176. The summed E-state index contributed by atoms with van der Waals surface area (Å²) in [4.78, 5) is 12.2. The standard InChI is InChI=1S/C16H16Cl2N4OS/c1-2-8-22-15(10-6-7-10)20-21-16(22)24-9-13(23)19-12-5-3-4-11(17)14(12)18/h2-5,10H,1,6-9H2,(H,19,23). The maximum atomic E-state index is 12.2. The van der Waals surface area contributed by atoms with Gasteiger partial charge in [0.2, 0.25) is 5.91 Å². The molecule has 0 unspecified atom stereocenters. The van der Waals surface area contributed by atoms with Crippen molar-refractivity contribution in [3.05, 3.63) is 46.7 Å². The molecule has 1 saturated carbocycles. The van der Waals surface area contributed by atoms with Crippen LogP contribution in [-0.2, 0) is 11.3 Å². The van der Waals surface area contributed by atoms with E-state index in [-0.39, 0.29) is 11.7 Å². The van der Waals surface area contributed by atoms with Crippen LogP contribution in [0.5, 0.6) is 0 Å². The first kappa shape index (κ1) is 17.3. The van der Waals surface area contributed by atoms with E-state index in [1.54, 1.807) is 18.2 Å². The highest BCUT2D eigenvalue weighted by atomic mass is 35.5. The predicted molar refractivity (Wildman–Crippen MR) is 98.0 cm³/mol. The molecule has 1 aliphatic rings. The number of carbonyl (C=O) groups excluding carboxylic acids is 1. The molecule has 1 fully saturated rings. The molecule has 1 amide bonds. The molecule has 126 valence electrons. The smallest absolute Gasteiger partial charge is 0.234 e. The van der Waals surface area contributed by atoms with E-state index in [0.29, 0.717) is 28.2 Å². The first-order chi connectivity index (χ1) is 11.6. The number of thioether (sulfide) groups is 1. The Kier molecular flexibility index (Phi) is 5.48. The van der Waals surface area contributed by atoms with Crippen molar-refractivity contribution < 1.29 is 4.79 Å². The molecule has 0 saturated heterocycles. The number of amides is 1. The summed E-state index contributed by atoms with van der Waals surface area (Å²) >= 11 is 13.4. The number of benzene rings is 1. The van der Waals surface area contributed by atoms with E-state index in [0.717, 1.165) is 23.8 Å². The van der Waals surface area contributed by atoms with Crippen molar-refractivity contribution in [1.29, 1.82) is 0 Å². The van der Waals surface area contributed by atoms with E-state index in [4.69, 9.17) is 23.2 Å². The van der Waals surface area contributed by atoms with Crippen LogP contribution in [0.2, 0.25) is 10.0 Å². The third-order valence-electron chi connectivity index (χ3n) is 3.56. The van der Waals surface area contributed by atoms with Gasteiger partial charge in [-0.1, -0.05) is 47.1 Å². The van der Waals surface area contributed by atoms with E-state index < -0.39 is 0 Å². The molecular weight excluding hydrogens is 367 g/mol. The third kappa shape index (κ3) is 3.94. The number of aromatic nitrogens is 3. The summed E-state index contributed by atoms with van der Waals surface area (Å²) in [6.07, 6.45) is 4.10. The van der Waals surface area contributed by atoms with Crippen molar-refractivity contribution >= 4 is 46.6 Å². The Morgan fingerprint density at radius 1 is 1.42 bits per heavy atom. The van der Waals surface area contributed by atoms with Gasteiger partial charge in [-0.25, -0.2) is 0 Å². The van der Waals surface area contributed by atoms with Gasteiger partial charge in [0, 0.05) is 12.5 Å². The van der Waals surface area contributed by atoms with Crippen molar-refractivity contribution in [1.82, 2.24) is 14.8 Å². The van der Waals surface area contributed by atoms with Gasteiger partial charge in [0.1, 0.15) is 5.82 Å². The molecule has 1 aromatic heterocycles. The number of halogens is 2. The van der Waals surface area contributed by atoms with Gasteiger partial charge in [-0.05, 0) is 25.0 Å². The normalized spacial score (nSPS) is 13.8. The zero-order valence-electron chi connectivity index (χ0n) is 12.8. The minimum Gasteiger partial charge on any atom is -0.324 e. The van der Waals surface area contributed by atoms with Crippen molar-refractivity contribution in [3.63, 3.8) is 0 Å². The maximum absolute atomic E-state index is 12.2. The van der Waals surface area contributed by atoms with Crippen LogP contribution in [0.4, 0.5) is 5.69 Å². The van der Waals surface area contributed by atoms with Gasteiger partial charge in [0.25, 0.3) is 0 Å². The molecular formula is C16H16Cl2N4OS. The third-order valence-corrected chi connectivity index (χ3v) is 5.34. The summed E-state index contributed by atoms with van der Waals surface area (Å²) in [6.45, 7) is 4.42. The number of rotatable bonds is 7. The molecule has 0 atom stereocenters. The molecule has 0 spiro atoms. The largest absolute Gasteiger partial charge is 0.324 e. The number of nitrogens with one attached hydrogen (secondary N) is 1. The van der Waals surface area contributed by atoms with Crippen LogP contribution in [-0.4, -0.2) is 26.4 Å². The van der Waals surface area contributed by atoms with E-state index in [1.165, 1.54) is 11.8 Å². The van der Waals surface area contributed by atoms with Gasteiger partial charge < -0.3 is 9.88 Å². The molecule has 1 heterocycles. The summed E-state index contributed by atoms with van der Waals surface area (Å²) in [5, 5.41) is 12.7. The second kappa shape index (κ2) is 7.59. The number of anilines is 1. The highest BCUT2D eigenvalue weighted by Crippen LogP contribution is 2.40. The fraction of sp³-hybridized carbons (Fsp3) is 0.312. The molecule has 1 aliphatic carbocycles. The molecule has 2 aromatic rings. The topological polar surface area (TPSA) is 59.8 Å². The van der Waals surface area contributed by atoms with Crippen LogP contribution >= 0.6 is 35.0 Å². The lowest BCUT2D eigenvalue weighted by Crippen LogP contribution is -2.15. The Balaban J connectivity index is 1.64. The van der Waals surface area contributed by atoms with Crippen molar-refractivity contribution in [2.24, 2.45) is 0 Å². The van der Waals surface area contributed by atoms with Crippen LogP contribution < -0.4 is 5.32 Å². The number of hydrogen-bond acceptors (Lipinski definition) is 4. The van der Waals surface area contributed by atoms with Crippen LogP contribution in [0.1, 0.15) is 24.6 Å². The highest BCUT2D eigenvalue weighted by Gasteiger charge is 2.30. The van der Waals surface area contributed by atoms with Gasteiger partial charge in [-0.2, -0.15) is 0 Å². The summed E-state index contributed by atoms with van der Waals surface area (Å²) in [6, 6.07) is 5.12. The monoisotopic (exact) mass is 382 g/mol. The number of carbonyl (C=O) groups is 1. The fourth-order valence-corrected chi connectivity index (χ4v) is 3.37. The second-order valence-corrected chi connectivity index (χ2v) is 7.18. The van der Waals surface area contributed by atoms with Gasteiger partial charge in [-0.15, -0.1) is 16.8 Å². The van der Waals surface area contributed by atoms with Gasteiger partial charge in [0.05, 0.1) is 21.5 Å². The van der Waals surface area contributed by atoms with E-state index in [9.17, 15) is 4.79 Å². The molecule has 1 N–H and O–H groups in total. The van der Waals surface area contributed by atoms with Gasteiger partial charge in [-0.3, -0.25) is 4.79 Å². The Bertz CT molecular complexity index is 773. The van der Waals surface area contributed by atoms with E-state index in [2.05, 4.69) is 22.1 Å².